The molecule has 0 atom stereocenters. The van der Waals surface area contributed by atoms with E-state index in [1.807, 2.05) is 6.07 Å². The zero-order valence-corrected chi connectivity index (χ0v) is 12.5. The second kappa shape index (κ2) is 5.42. The van der Waals surface area contributed by atoms with E-state index in [1.54, 1.807) is 12.3 Å². The van der Waals surface area contributed by atoms with Crippen LogP contribution >= 0.6 is 0 Å². The average molecular weight is 295 g/mol. The molecule has 1 heterocycles. The van der Waals surface area contributed by atoms with Gasteiger partial charge in [0.15, 0.2) is 5.03 Å². The van der Waals surface area contributed by atoms with E-state index in [4.69, 9.17) is 0 Å². The second-order valence-electron chi connectivity index (χ2n) is 6.05. The standard InChI is InChI=1S/C14H21N3O2S/c1-10-6-13(7-10)17-20(18,19)14-5-2-11(9-16-14)8-15-12-3-4-12/h2,5,9-10,12-13,15,17H,3-4,6-8H2,1H3. The molecule has 110 valence electrons. The van der Waals surface area contributed by atoms with Gasteiger partial charge in [0.2, 0.25) is 0 Å². The molecule has 0 saturated heterocycles. The van der Waals surface area contributed by atoms with Gasteiger partial charge in [0.25, 0.3) is 10.0 Å². The molecule has 2 N–H and O–H groups in total. The lowest BCUT2D eigenvalue weighted by molar-refractivity contribution is 0.270. The van der Waals surface area contributed by atoms with Gasteiger partial charge in [0, 0.05) is 24.8 Å². The monoisotopic (exact) mass is 295 g/mol. The molecule has 2 fully saturated rings. The zero-order valence-electron chi connectivity index (χ0n) is 11.7. The quantitative estimate of drug-likeness (QED) is 0.832. The number of sulfonamides is 1. The van der Waals surface area contributed by atoms with Crippen LogP contribution in [-0.2, 0) is 16.6 Å². The van der Waals surface area contributed by atoms with Gasteiger partial charge in [-0.1, -0.05) is 13.0 Å². The van der Waals surface area contributed by atoms with Crippen LogP contribution in [0.3, 0.4) is 0 Å². The van der Waals surface area contributed by atoms with E-state index in [9.17, 15) is 8.42 Å². The number of hydrogen-bond acceptors (Lipinski definition) is 4. The summed E-state index contributed by atoms with van der Waals surface area (Å²) in [5.41, 5.74) is 1.02. The molecule has 0 aromatic carbocycles. The molecule has 0 aliphatic heterocycles. The Morgan fingerprint density at radius 2 is 2.00 bits per heavy atom. The summed E-state index contributed by atoms with van der Waals surface area (Å²) < 4.78 is 27.0. The van der Waals surface area contributed by atoms with Gasteiger partial charge in [-0.2, -0.15) is 0 Å². The normalized spacial score (nSPS) is 26.2. The molecule has 0 bridgehead atoms. The van der Waals surface area contributed by atoms with Crippen molar-refractivity contribution in [2.24, 2.45) is 5.92 Å². The van der Waals surface area contributed by atoms with Crippen molar-refractivity contribution in [3.05, 3.63) is 23.9 Å². The summed E-state index contributed by atoms with van der Waals surface area (Å²) in [5.74, 6) is 0.617. The van der Waals surface area contributed by atoms with Crippen molar-refractivity contribution in [3.63, 3.8) is 0 Å². The third-order valence-corrected chi connectivity index (χ3v) is 5.38. The summed E-state index contributed by atoms with van der Waals surface area (Å²) in [4.78, 5) is 4.09. The Morgan fingerprint density at radius 1 is 1.25 bits per heavy atom. The lowest BCUT2D eigenvalue weighted by Crippen LogP contribution is -2.43. The van der Waals surface area contributed by atoms with Gasteiger partial charge in [-0.3, -0.25) is 0 Å². The Morgan fingerprint density at radius 3 is 2.55 bits per heavy atom. The van der Waals surface area contributed by atoms with Gasteiger partial charge < -0.3 is 5.32 Å². The number of nitrogens with zero attached hydrogens (tertiary/aromatic N) is 1. The van der Waals surface area contributed by atoms with Gasteiger partial charge in [-0.25, -0.2) is 18.1 Å². The van der Waals surface area contributed by atoms with Crippen molar-refractivity contribution in [2.75, 3.05) is 0 Å². The first kappa shape index (κ1) is 14.0. The molecule has 2 saturated carbocycles. The molecule has 5 nitrogen and oxygen atoms in total. The molecular formula is C14H21N3O2S. The van der Waals surface area contributed by atoms with Gasteiger partial charge in [-0.05, 0) is 43.2 Å². The van der Waals surface area contributed by atoms with Gasteiger partial charge in [0.1, 0.15) is 0 Å². The van der Waals surface area contributed by atoms with E-state index in [-0.39, 0.29) is 11.1 Å². The van der Waals surface area contributed by atoms with Crippen molar-refractivity contribution in [2.45, 2.75) is 56.3 Å². The molecular weight excluding hydrogens is 274 g/mol. The van der Waals surface area contributed by atoms with Crippen molar-refractivity contribution in [3.8, 4) is 0 Å². The third kappa shape index (κ3) is 3.37. The van der Waals surface area contributed by atoms with Crippen LogP contribution in [0.25, 0.3) is 0 Å². The average Bonchev–Trinajstić information content (AvgIpc) is 3.19. The first-order valence-corrected chi connectivity index (χ1v) is 8.72. The lowest BCUT2D eigenvalue weighted by atomic mass is 9.83. The predicted octanol–water partition coefficient (Wildman–Crippen LogP) is 1.41. The van der Waals surface area contributed by atoms with Crippen LogP contribution in [0.2, 0.25) is 0 Å². The maximum atomic E-state index is 12.1. The largest absolute Gasteiger partial charge is 0.310 e. The Labute approximate surface area is 120 Å². The minimum Gasteiger partial charge on any atom is -0.310 e. The number of rotatable bonds is 6. The molecule has 0 spiro atoms. The number of hydrogen-bond donors (Lipinski definition) is 2. The lowest BCUT2D eigenvalue weighted by Gasteiger charge is -2.32. The molecule has 6 heteroatoms. The summed E-state index contributed by atoms with van der Waals surface area (Å²) >= 11 is 0. The number of aromatic nitrogens is 1. The first-order chi connectivity index (χ1) is 9.53. The molecule has 1 aromatic heterocycles. The third-order valence-electron chi connectivity index (χ3n) is 3.94. The Balaban J connectivity index is 1.60. The zero-order chi connectivity index (χ0) is 14.2. The fourth-order valence-electron chi connectivity index (χ4n) is 2.50. The van der Waals surface area contributed by atoms with Crippen LogP contribution in [0.4, 0.5) is 0 Å². The van der Waals surface area contributed by atoms with Crippen LogP contribution < -0.4 is 10.0 Å². The van der Waals surface area contributed by atoms with Crippen LogP contribution in [0.5, 0.6) is 0 Å². The molecule has 3 rings (SSSR count). The summed E-state index contributed by atoms with van der Waals surface area (Å²) in [6.07, 6.45) is 5.96. The highest BCUT2D eigenvalue weighted by Gasteiger charge is 2.30. The maximum absolute atomic E-state index is 12.1. The Hall–Kier alpha value is -0.980. The highest BCUT2D eigenvalue weighted by molar-refractivity contribution is 7.89. The van der Waals surface area contributed by atoms with Crippen molar-refractivity contribution >= 4 is 10.0 Å². The number of nitrogens with one attached hydrogen (secondary N) is 2. The van der Waals surface area contributed by atoms with Gasteiger partial charge in [0.05, 0.1) is 0 Å². The van der Waals surface area contributed by atoms with Crippen molar-refractivity contribution < 1.29 is 8.42 Å². The SMILES string of the molecule is CC1CC(NS(=O)(=O)c2ccc(CNC3CC3)cn2)C1. The van der Waals surface area contributed by atoms with E-state index in [2.05, 4.69) is 21.9 Å². The Bertz CT molecular complexity index is 561. The van der Waals surface area contributed by atoms with E-state index < -0.39 is 10.0 Å². The van der Waals surface area contributed by atoms with Crippen LogP contribution in [0.15, 0.2) is 23.4 Å². The second-order valence-corrected chi connectivity index (χ2v) is 7.72. The summed E-state index contributed by atoms with van der Waals surface area (Å²) in [6.45, 7) is 2.89. The molecule has 20 heavy (non-hydrogen) atoms. The molecule has 2 aliphatic carbocycles. The highest BCUT2D eigenvalue weighted by Crippen LogP contribution is 2.27. The van der Waals surface area contributed by atoms with E-state index in [0.29, 0.717) is 12.0 Å². The molecule has 2 aliphatic rings. The van der Waals surface area contributed by atoms with Crippen LogP contribution in [-0.4, -0.2) is 25.5 Å². The molecule has 1 aromatic rings. The van der Waals surface area contributed by atoms with Crippen molar-refractivity contribution in [1.82, 2.24) is 15.0 Å². The number of pyridine rings is 1. The topological polar surface area (TPSA) is 71.1 Å². The maximum Gasteiger partial charge on any atom is 0.258 e. The summed E-state index contributed by atoms with van der Waals surface area (Å²) in [7, 11) is -3.46. The molecule has 0 amide bonds. The smallest absolute Gasteiger partial charge is 0.258 e. The summed E-state index contributed by atoms with van der Waals surface area (Å²) in [5, 5.41) is 3.50. The molecule has 0 unspecified atom stereocenters. The fourth-order valence-corrected chi connectivity index (χ4v) is 3.69. The van der Waals surface area contributed by atoms with Crippen LogP contribution in [0, 0.1) is 5.92 Å². The van der Waals surface area contributed by atoms with Gasteiger partial charge >= 0.3 is 0 Å². The van der Waals surface area contributed by atoms with Gasteiger partial charge in [-0.15, -0.1) is 0 Å². The van der Waals surface area contributed by atoms with E-state index in [1.165, 1.54) is 12.8 Å². The van der Waals surface area contributed by atoms with Crippen molar-refractivity contribution in [1.29, 1.82) is 0 Å². The minimum absolute atomic E-state index is 0.0769. The minimum atomic E-state index is -3.46. The van der Waals surface area contributed by atoms with E-state index >= 15 is 0 Å². The first-order valence-electron chi connectivity index (χ1n) is 7.23. The van der Waals surface area contributed by atoms with Crippen LogP contribution in [0.1, 0.15) is 38.2 Å². The highest BCUT2D eigenvalue weighted by atomic mass is 32.2. The fraction of sp³-hybridized carbons (Fsp3) is 0.643. The summed E-state index contributed by atoms with van der Waals surface area (Å²) in [6, 6.07) is 4.14. The molecule has 0 radical (unpaired) electrons. The predicted molar refractivity (Wildman–Crippen MR) is 76.6 cm³/mol. The Kier molecular flexibility index (Phi) is 3.79. The van der Waals surface area contributed by atoms with E-state index in [0.717, 1.165) is 24.9 Å².